The van der Waals surface area contributed by atoms with Crippen molar-refractivity contribution in [1.82, 2.24) is 5.16 Å². The fourth-order valence-electron chi connectivity index (χ4n) is 3.51. The molecule has 0 bridgehead atoms. The Bertz CT molecular complexity index is 1320. The number of carbonyl (C=O) groups is 2. The van der Waals surface area contributed by atoms with Gasteiger partial charge in [-0.2, -0.15) is 0 Å². The highest BCUT2D eigenvalue weighted by Gasteiger charge is 2.32. The molecule has 0 fully saturated rings. The van der Waals surface area contributed by atoms with E-state index in [0.29, 0.717) is 24.4 Å². The standard InChI is InChI=1S/C22H21N3O7S/c1-14-11-20(24-32-14)23-21(26)13-31-22(27)17-12-16(7-8-19(17)30-2)33(28,29)25-10-9-15-5-3-4-6-18(15)25/h3-8,11-12H,9-10,13H2,1-2H3,(H,23,24,26). The molecule has 3 aromatic rings. The van der Waals surface area contributed by atoms with E-state index in [2.05, 4.69) is 10.5 Å². The van der Waals surface area contributed by atoms with E-state index < -0.39 is 28.5 Å². The number of rotatable bonds is 7. The topological polar surface area (TPSA) is 128 Å². The molecule has 10 nitrogen and oxygen atoms in total. The maximum atomic E-state index is 13.3. The molecule has 2 aromatic carbocycles. The summed E-state index contributed by atoms with van der Waals surface area (Å²) in [6.07, 6.45) is 0.598. The summed E-state index contributed by atoms with van der Waals surface area (Å²) in [4.78, 5) is 24.6. The third-order valence-electron chi connectivity index (χ3n) is 5.05. The number of carbonyl (C=O) groups excluding carboxylic acids is 2. The van der Waals surface area contributed by atoms with Gasteiger partial charge in [0.1, 0.15) is 17.1 Å². The molecule has 172 valence electrons. The molecule has 4 rings (SSSR count). The van der Waals surface area contributed by atoms with Crippen LogP contribution < -0.4 is 14.4 Å². The molecule has 1 aliphatic rings. The van der Waals surface area contributed by atoms with Crippen molar-refractivity contribution >= 4 is 33.4 Å². The molecule has 1 aliphatic heterocycles. The number of benzene rings is 2. The summed E-state index contributed by atoms with van der Waals surface area (Å²) in [6.45, 7) is 1.36. The fraction of sp³-hybridized carbons (Fsp3) is 0.227. The van der Waals surface area contributed by atoms with E-state index in [4.69, 9.17) is 14.0 Å². The summed E-state index contributed by atoms with van der Waals surface area (Å²) in [5.41, 5.74) is 1.43. The summed E-state index contributed by atoms with van der Waals surface area (Å²) < 4.78 is 43.0. The van der Waals surface area contributed by atoms with E-state index in [0.717, 1.165) is 5.56 Å². The first kappa shape index (κ1) is 22.3. The van der Waals surface area contributed by atoms with Crippen LogP contribution in [0, 0.1) is 6.92 Å². The van der Waals surface area contributed by atoms with Gasteiger partial charge in [-0.1, -0.05) is 23.4 Å². The van der Waals surface area contributed by atoms with Gasteiger partial charge in [-0.05, 0) is 43.2 Å². The van der Waals surface area contributed by atoms with Gasteiger partial charge in [0.05, 0.1) is 17.7 Å². The van der Waals surface area contributed by atoms with Gasteiger partial charge in [0.25, 0.3) is 15.9 Å². The number of ether oxygens (including phenoxy) is 2. The molecular formula is C22H21N3O7S. The van der Waals surface area contributed by atoms with E-state index in [1.54, 1.807) is 19.1 Å². The number of fused-ring (bicyclic) bond motifs is 1. The molecule has 1 aromatic heterocycles. The molecule has 0 atom stereocenters. The Kier molecular flexibility index (Phi) is 6.05. The minimum atomic E-state index is -3.93. The average molecular weight is 471 g/mol. The molecule has 0 radical (unpaired) electrons. The summed E-state index contributed by atoms with van der Waals surface area (Å²) in [7, 11) is -2.59. The monoisotopic (exact) mass is 471 g/mol. The van der Waals surface area contributed by atoms with Crippen LogP contribution in [0.3, 0.4) is 0 Å². The van der Waals surface area contributed by atoms with Crippen LogP contribution in [0.4, 0.5) is 11.5 Å². The SMILES string of the molecule is COc1ccc(S(=O)(=O)N2CCc3ccccc32)cc1C(=O)OCC(=O)Nc1cc(C)on1. The number of hydrogen-bond acceptors (Lipinski definition) is 8. The number of amides is 1. The van der Waals surface area contributed by atoms with Gasteiger partial charge in [-0.15, -0.1) is 0 Å². The first-order chi connectivity index (χ1) is 15.8. The highest BCUT2D eigenvalue weighted by atomic mass is 32.2. The number of hydrogen-bond donors (Lipinski definition) is 1. The third kappa shape index (κ3) is 4.53. The molecule has 0 spiro atoms. The molecule has 1 N–H and O–H groups in total. The zero-order chi connectivity index (χ0) is 23.6. The zero-order valence-electron chi connectivity index (χ0n) is 17.9. The van der Waals surface area contributed by atoms with E-state index in [1.165, 1.54) is 35.7 Å². The van der Waals surface area contributed by atoms with Gasteiger partial charge >= 0.3 is 5.97 Å². The van der Waals surface area contributed by atoms with Crippen LogP contribution in [-0.4, -0.2) is 45.7 Å². The van der Waals surface area contributed by atoms with Crippen molar-refractivity contribution in [1.29, 1.82) is 0 Å². The van der Waals surface area contributed by atoms with Crippen molar-refractivity contribution in [3.8, 4) is 5.75 Å². The van der Waals surface area contributed by atoms with Crippen molar-refractivity contribution in [2.24, 2.45) is 0 Å². The lowest BCUT2D eigenvalue weighted by atomic mass is 10.2. The van der Waals surface area contributed by atoms with Crippen molar-refractivity contribution in [3.05, 3.63) is 65.4 Å². The maximum Gasteiger partial charge on any atom is 0.342 e. The number of anilines is 2. The molecule has 33 heavy (non-hydrogen) atoms. The fourth-order valence-corrected chi connectivity index (χ4v) is 5.04. The van der Waals surface area contributed by atoms with Crippen LogP contribution in [0.25, 0.3) is 0 Å². The predicted molar refractivity (Wildman–Crippen MR) is 118 cm³/mol. The first-order valence-electron chi connectivity index (χ1n) is 9.98. The Morgan fingerprint density at radius 1 is 1.18 bits per heavy atom. The summed E-state index contributed by atoms with van der Waals surface area (Å²) in [5, 5.41) is 6.05. The normalized spacial score (nSPS) is 12.8. The van der Waals surface area contributed by atoms with Crippen LogP contribution in [-0.2, 0) is 26.0 Å². The Morgan fingerprint density at radius 2 is 1.97 bits per heavy atom. The Morgan fingerprint density at radius 3 is 2.70 bits per heavy atom. The summed E-state index contributed by atoms with van der Waals surface area (Å²) >= 11 is 0. The van der Waals surface area contributed by atoms with Gasteiger partial charge < -0.3 is 19.3 Å². The second-order valence-corrected chi connectivity index (χ2v) is 9.13. The largest absolute Gasteiger partial charge is 0.496 e. The number of aryl methyl sites for hydroxylation is 1. The highest BCUT2D eigenvalue weighted by molar-refractivity contribution is 7.92. The second-order valence-electron chi connectivity index (χ2n) is 7.27. The smallest absolute Gasteiger partial charge is 0.342 e. The number of para-hydroxylation sites is 1. The number of nitrogens with zero attached hydrogens (tertiary/aromatic N) is 2. The molecule has 2 heterocycles. The summed E-state index contributed by atoms with van der Waals surface area (Å²) in [6, 6.07) is 12.7. The minimum Gasteiger partial charge on any atom is -0.496 e. The second kappa shape index (κ2) is 8.94. The quantitative estimate of drug-likeness (QED) is 0.521. The Balaban J connectivity index is 1.53. The molecule has 0 saturated carbocycles. The third-order valence-corrected chi connectivity index (χ3v) is 6.86. The van der Waals surface area contributed by atoms with Gasteiger partial charge in [-0.3, -0.25) is 9.10 Å². The molecule has 11 heteroatoms. The highest BCUT2D eigenvalue weighted by Crippen LogP contribution is 2.34. The van der Waals surface area contributed by atoms with Crippen LogP contribution in [0.15, 0.2) is 57.9 Å². The summed E-state index contributed by atoms with van der Waals surface area (Å²) in [5.74, 6) is -0.727. The minimum absolute atomic E-state index is 0.0884. The number of methoxy groups -OCH3 is 1. The maximum absolute atomic E-state index is 13.3. The van der Waals surface area contributed by atoms with Crippen molar-refractivity contribution in [2.45, 2.75) is 18.2 Å². The van der Waals surface area contributed by atoms with Crippen molar-refractivity contribution in [2.75, 3.05) is 29.9 Å². The van der Waals surface area contributed by atoms with E-state index in [9.17, 15) is 18.0 Å². The number of sulfonamides is 1. The van der Waals surface area contributed by atoms with Crippen LogP contribution in [0.5, 0.6) is 5.75 Å². The van der Waals surface area contributed by atoms with Gasteiger partial charge in [0, 0.05) is 12.6 Å². The van der Waals surface area contributed by atoms with Crippen LogP contribution >= 0.6 is 0 Å². The molecule has 1 amide bonds. The molecule has 0 aliphatic carbocycles. The lowest BCUT2D eigenvalue weighted by Crippen LogP contribution is -2.29. The van der Waals surface area contributed by atoms with Gasteiger partial charge in [0.2, 0.25) is 0 Å². The average Bonchev–Trinajstić information content (AvgIpc) is 3.43. The Labute approximate surface area is 190 Å². The van der Waals surface area contributed by atoms with Crippen LogP contribution in [0.2, 0.25) is 0 Å². The predicted octanol–water partition coefficient (Wildman–Crippen LogP) is 2.54. The molecule has 0 unspecified atom stereocenters. The van der Waals surface area contributed by atoms with Crippen molar-refractivity contribution in [3.63, 3.8) is 0 Å². The lowest BCUT2D eigenvalue weighted by molar-refractivity contribution is -0.119. The first-order valence-corrected chi connectivity index (χ1v) is 11.4. The van der Waals surface area contributed by atoms with Gasteiger partial charge in [0.15, 0.2) is 12.4 Å². The molecular weight excluding hydrogens is 450 g/mol. The Hall–Kier alpha value is -3.86. The lowest BCUT2D eigenvalue weighted by Gasteiger charge is -2.20. The zero-order valence-corrected chi connectivity index (χ0v) is 18.7. The van der Waals surface area contributed by atoms with E-state index in [1.807, 2.05) is 12.1 Å². The number of aromatic nitrogens is 1. The molecule has 0 saturated heterocycles. The van der Waals surface area contributed by atoms with E-state index in [-0.39, 0.29) is 22.0 Å². The van der Waals surface area contributed by atoms with E-state index >= 15 is 0 Å². The van der Waals surface area contributed by atoms with Crippen LogP contribution in [0.1, 0.15) is 21.7 Å². The number of nitrogens with one attached hydrogen (secondary N) is 1. The van der Waals surface area contributed by atoms with Gasteiger partial charge in [-0.25, -0.2) is 13.2 Å². The number of esters is 1. The van der Waals surface area contributed by atoms with Crippen molar-refractivity contribution < 1.29 is 32.0 Å².